The zero-order chi connectivity index (χ0) is 18.2. The number of likely N-dealkylation sites (tertiary alicyclic amines) is 1. The first-order valence-electron chi connectivity index (χ1n) is 10.1. The molecule has 4 nitrogen and oxygen atoms in total. The Kier molecular flexibility index (Phi) is 4.19. The molecule has 2 heterocycles. The van der Waals surface area contributed by atoms with Gasteiger partial charge in [0, 0.05) is 23.8 Å². The lowest BCUT2D eigenvalue weighted by Crippen LogP contribution is -2.49. The lowest BCUT2D eigenvalue weighted by molar-refractivity contribution is 0.0390. The SMILES string of the molecule is O=C(c1ccc(-n2cnc3ccccc32)cc1)N1CCC[C@@H]2CCCC[C@H]21. The fourth-order valence-electron chi connectivity index (χ4n) is 4.97. The lowest BCUT2D eigenvalue weighted by atomic mass is 9.78. The van der Waals surface area contributed by atoms with E-state index in [9.17, 15) is 4.79 Å². The number of rotatable bonds is 2. The third-order valence-electron chi connectivity index (χ3n) is 6.35. The Morgan fingerprint density at radius 3 is 2.59 bits per heavy atom. The van der Waals surface area contributed by atoms with Gasteiger partial charge in [0.05, 0.1) is 11.0 Å². The number of para-hydroxylation sites is 2. The minimum Gasteiger partial charge on any atom is -0.335 e. The van der Waals surface area contributed by atoms with Crippen LogP contribution in [-0.2, 0) is 0 Å². The molecular weight excluding hydrogens is 334 g/mol. The van der Waals surface area contributed by atoms with Gasteiger partial charge in [-0.3, -0.25) is 9.36 Å². The van der Waals surface area contributed by atoms with Gasteiger partial charge in [-0.15, -0.1) is 0 Å². The van der Waals surface area contributed by atoms with E-state index in [1.807, 2.05) is 48.8 Å². The van der Waals surface area contributed by atoms with Crippen molar-refractivity contribution in [2.45, 2.75) is 44.6 Å². The average Bonchev–Trinajstić information content (AvgIpc) is 3.17. The van der Waals surface area contributed by atoms with Crippen LogP contribution in [0.1, 0.15) is 48.9 Å². The van der Waals surface area contributed by atoms with Crippen LogP contribution >= 0.6 is 0 Å². The highest BCUT2D eigenvalue weighted by molar-refractivity contribution is 5.94. The largest absolute Gasteiger partial charge is 0.335 e. The standard InChI is InChI=1S/C23H25N3O/c27-23(25-15-5-7-17-6-1-3-9-21(17)25)18-11-13-19(14-12-18)26-16-24-20-8-2-4-10-22(20)26/h2,4,8,10-14,16-17,21H,1,3,5-7,9,15H2/t17-,21+/m0/s1. The minimum absolute atomic E-state index is 0.202. The lowest BCUT2D eigenvalue weighted by Gasteiger charge is -2.44. The Morgan fingerprint density at radius 2 is 1.70 bits per heavy atom. The number of hydrogen-bond donors (Lipinski definition) is 0. The molecule has 1 saturated carbocycles. The van der Waals surface area contributed by atoms with Crippen LogP contribution in [0.25, 0.3) is 16.7 Å². The van der Waals surface area contributed by atoms with Crippen molar-refractivity contribution in [1.82, 2.24) is 14.5 Å². The molecule has 3 aromatic rings. The summed E-state index contributed by atoms with van der Waals surface area (Å²) in [6.07, 6.45) is 9.34. The van der Waals surface area contributed by atoms with E-state index in [1.165, 1.54) is 32.1 Å². The molecule has 0 unspecified atom stereocenters. The van der Waals surface area contributed by atoms with Gasteiger partial charge in [-0.1, -0.05) is 25.0 Å². The molecular formula is C23H25N3O. The molecule has 0 spiro atoms. The first-order chi connectivity index (χ1) is 13.3. The zero-order valence-electron chi connectivity index (χ0n) is 15.6. The molecule has 1 aliphatic carbocycles. The number of imidazole rings is 1. The summed E-state index contributed by atoms with van der Waals surface area (Å²) in [5.41, 5.74) is 3.90. The molecule has 1 aromatic heterocycles. The number of amides is 1. The summed E-state index contributed by atoms with van der Waals surface area (Å²) in [5.74, 6) is 0.918. The number of carbonyl (C=O) groups is 1. The smallest absolute Gasteiger partial charge is 0.254 e. The molecule has 5 rings (SSSR count). The molecule has 1 amide bonds. The highest BCUT2D eigenvalue weighted by Gasteiger charge is 2.35. The number of fused-ring (bicyclic) bond motifs is 2. The van der Waals surface area contributed by atoms with Gasteiger partial charge in [0.25, 0.3) is 5.91 Å². The average molecular weight is 359 g/mol. The van der Waals surface area contributed by atoms with Gasteiger partial charge in [-0.25, -0.2) is 4.98 Å². The zero-order valence-corrected chi connectivity index (χ0v) is 15.6. The van der Waals surface area contributed by atoms with Crippen LogP contribution in [0.5, 0.6) is 0 Å². The Bertz CT molecular complexity index is 957. The van der Waals surface area contributed by atoms with E-state index in [1.54, 1.807) is 0 Å². The van der Waals surface area contributed by atoms with Crippen molar-refractivity contribution in [2.24, 2.45) is 5.92 Å². The number of hydrogen-bond acceptors (Lipinski definition) is 2. The van der Waals surface area contributed by atoms with Gasteiger partial charge in [-0.2, -0.15) is 0 Å². The van der Waals surface area contributed by atoms with Crippen molar-refractivity contribution >= 4 is 16.9 Å². The maximum atomic E-state index is 13.2. The third-order valence-corrected chi connectivity index (χ3v) is 6.35. The van der Waals surface area contributed by atoms with Crippen molar-refractivity contribution in [2.75, 3.05) is 6.54 Å². The van der Waals surface area contributed by atoms with Gasteiger partial charge in [-0.05, 0) is 68.0 Å². The Hall–Kier alpha value is -2.62. The summed E-state index contributed by atoms with van der Waals surface area (Å²) in [5, 5.41) is 0. The summed E-state index contributed by atoms with van der Waals surface area (Å²) < 4.78 is 2.07. The molecule has 1 saturated heterocycles. The fraction of sp³-hybridized carbons (Fsp3) is 0.391. The molecule has 0 radical (unpaired) electrons. The second-order valence-corrected chi connectivity index (χ2v) is 7.90. The van der Waals surface area contributed by atoms with Gasteiger partial charge in [0.1, 0.15) is 6.33 Å². The fourth-order valence-corrected chi connectivity index (χ4v) is 4.97. The van der Waals surface area contributed by atoms with E-state index in [-0.39, 0.29) is 5.91 Å². The van der Waals surface area contributed by atoms with Crippen LogP contribution in [0.3, 0.4) is 0 Å². The summed E-state index contributed by atoms with van der Waals surface area (Å²) in [6, 6.07) is 16.6. The topological polar surface area (TPSA) is 38.1 Å². The molecule has 0 bridgehead atoms. The molecule has 138 valence electrons. The van der Waals surface area contributed by atoms with Crippen molar-refractivity contribution in [1.29, 1.82) is 0 Å². The van der Waals surface area contributed by atoms with Crippen LogP contribution in [-0.4, -0.2) is 32.9 Å². The number of carbonyl (C=O) groups excluding carboxylic acids is 1. The summed E-state index contributed by atoms with van der Waals surface area (Å²) in [6.45, 7) is 0.911. The van der Waals surface area contributed by atoms with Crippen molar-refractivity contribution in [3.8, 4) is 5.69 Å². The molecule has 0 N–H and O–H groups in total. The second-order valence-electron chi connectivity index (χ2n) is 7.90. The van der Waals surface area contributed by atoms with Gasteiger partial charge >= 0.3 is 0 Å². The van der Waals surface area contributed by atoms with Crippen LogP contribution in [0, 0.1) is 5.92 Å². The normalized spacial score (nSPS) is 22.6. The number of aromatic nitrogens is 2. The number of piperidine rings is 1. The molecule has 27 heavy (non-hydrogen) atoms. The third kappa shape index (κ3) is 2.93. The van der Waals surface area contributed by atoms with Gasteiger partial charge in [0.2, 0.25) is 0 Å². The van der Waals surface area contributed by atoms with Gasteiger partial charge in [0.15, 0.2) is 0 Å². The minimum atomic E-state index is 0.202. The predicted molar refractivity (Wildman–Crippen MR) is 107 cm³/mol. The van der Waals surface area contributed by atoms with Crippen molar-refractivity contribution < 1.29 is 4.79 Å². The first kappa shape index (κ1) is 16.5. The van der Waals surface area contributed by atoms with E-state index in [2.05, 4.69) is 20.5 Å². The molecule has 4 heteroatoms. The Labute approximate surface area is 159 Å². The van der Waals surface area contributed by atoms with Crippen molar-refractivity contribution in [3.63, 3.8) is 0 Å². The van der Waals surface area contributed by atoms with E-state index in [0.29, 0.717) is 12.0 Å². The maximum absolute atomic E-state index is 13.2. The van der Waals surface area contributed by atoms with Crippen LogP contribution in [0.15, 0.2) is 54.9 Å². The highest BCUT2D eigenvalue weighted by atomic mass is 16.2. The molecule has 2 aliphatic rings. The summed E-state index contributed by atoms with van der Waals surface area (Å²) in [7, 11) is 0. The first-order valence-corrected chi connectivity index (χ1v) is 10.1. The van der Waals surface area contributed by atoms with E-state index < -0.39 is 0 Å². The maximum Gasteiger partial charge on any atom is 0.254 e. The van der Waals surface area contributed by atoms with Crippen LogP contribution < -0.4 is 0 Å². The van der Waals surface area contributed by atoms with E-state index in [0.717, 1.165) is 35.2 Å². The highest BCUT2D eigenvalue weighted by Crippen LogP contribution is 2.36. The second kappa shape index (κ2) is 6.84. The molecule has 2 aromatic carbocycles. The van der Waals surface area contributed by atoms with Gasteiger partial charge < -0.3 is 4.90 Å². The Balaban J connectivity index is 1.40. The van der Waals surface area contributed by atoms with Crippen LogP contribution in [0.2, 0.25) is 0 Å². The molecule has 2 atom stereocenters. The number of benzene rings is 2. The molecule has 2 fully saturated rings. The number of nitrogens with zero attached hydrogens (tertiary/aromatic N) is 3. The van der Waals surface area contributed by atoms with E-state index >= 15 is 0 Å². The molecule has 1 aliphatic heterocycles. The van der Waals surface area contributed by atoms with E-state index in [4.69, 9.17) is 0 Å². The Morgan fingerprint density at radius 1 is 0.926 bits per heavy atom. The quantitative estimate of drug-likeness (QED) is 0.658. The predicted octanol–water partition coefficient (Wildman–Crippen LogP) is 4.82. The van der Waals surface area contributed by atoms with Crippen LogP contribution in [0.4, 0.5) is 0 Å². The van der Waals surface area contributed by atoms with Crippen molar-refractivity contribution in [3.05, 3.63) is 60.4 Å². The summed E-state index contributed by atoms with van der Waals surface area (Å²) in [4.78, 5) is 19.8. The summed E-state index contributed by atoms with van der Waals surface area (Å²) >= 11 is 0. The monoisotopic (exact) mass is 359 g/mol.